The fraction of sp³-hybridized carbons (Fsp3) is 0.231. The molecule has 6 nitrogen and oxygen atoms in total. The Morgan fingerprint density at radius 1 is 1.05 bits per heavy atom. The summed E-state index contributed by atoms with van der Waals surface area (Å²) < 4.78 is 15.7. The van der Waals surface area contributed by atoms with Crippen LogP contribution in [0.3, 0.4) is 0 Å². The summed E-state index contributed by atoms with van der Waals surface area (Å²) in [5, 5.41) is 0. The third-order valence-corrected chi connectivity index (χ3v) is 2.65. The molecule has 0 fully saturated rings. The Balaban J connectivity index is 2.66. The maximum Gasteiger partial charge on any atom is 0.274 e. The van der Waals surface area contributed by atoms with E-state index < -0.39 is 0 Å². The van der Waals surface area contributed by atoms with Crippen LogP contribution in [-0.2, 0) is 0 Å². The van der Waals surface area contributed by atoms with Gasteiger partial charge in [0.05, 0.1) is 21.3 Å². The van der Waals surface area contributed by atoms with Crippen LogP contribution in [0.15, 0.2) is 29.3 Å². The Labute approximate surface area is 110 Å². The molecular weight excluding hydrogens is 248 g/mol. The van der Waals surface area contributed by atoms with Gasteiger partial charge in [-0.3, -0.25) is 4.79 Å². The average molecular weight is 262 g/mol. The van der Waals surface area contributed by atoms with Crippen molar-refractivity contribution in [3.05, 3.63) is 34.9 Å². The molecule has 19 heavy (non-hydrogen) atoms. The first-order valence-corrected chi connectivity index (χ1v) is 5.55. The van der Waals surface area contributed by atoms with Crippen LogP contribution in [0.1, 0.15) is 0 Å². The number of benzene rings is 1. The van der Waals surface area contributed by atoms with Crippen molar-refractivity contribution in [2.24, 2.45) is 0 Å². The number of hydrogen-bond donors (Lipinski definition) is 1. The van der Waals surface area contributed by atoms with E-state index in [0.717, 1.165) is 0 Å². The van der Waals surface area contributed by atoms with E-state index in [1.165, 1.54) is 33.7 Å². The number of rotatable bonds is 4. The van der Waals surface area contributed by atoms with Crippen molar-refractivity contribution in [1.29, 1.82) is 0 Å². The van der Waals surface area contributed by atoms with Crippen LogP contribution in [0.2, 0.25) is 0 Å². The molecule has 0 radical (unpaired) electrons. The second-order valence-corrected chi connectivity index (χ2v) is 3.68. The van der Waals surface area contributed by atoms with Gasteiger partial charge in [0.15, 0.2) is 11.5 Å². The maximum absolute atomic E-state index is 11.7. The second kappa shape index (κ2) is 5.43. The standard InChI is InChI=1S/C13H14N2O4/c1-17-9-6-8(7-10(18-2)12(9)19-3)11-13(16)15-5-4-14-11/h4-7H,1-3H3,(H,15,16). The molecule has 2 aromatic rings. The highest BCUT2D eigenvalue weighted by atomic mass is 16.5. The van der Waals surface area contributed by atoms with Crippen molar-refractivity contribution in [2.45, 2.75) is 0 Å². The fourth-order valence-electron chi connectivity index (χ4n) is 1.78. The minimum absolute atomic E-state index is 0.281. The summed E-state index contributed by atoms with van der Waals surface area (Å²) in [6.45, 7) is 0. The van der Waals surface area contributed by atoms with Crippen molar-refractivity contribution < 1.29 is 14.2 Å². The van der Waals surface area contributed by atoms with E-state index in [9.17, 15) is 4.79 Å². The molecule has 0 aliphatic carbocycles. The molecule has 0 spiro atoms. The first-order valence-electron chi connectivity index (χ1n) is 5.55. The van der Waals surface area contributed by atoms with E-state index >= 15 is 0 Å². The van der Waals surface area contributed by atoms with Gasteiger partial charge in [-0.1, -0.05) is 0 Å². The molecule has 0 atom stereocenters. The van der Waals surface area contributed by atoms with Gasteiger partial charge in [-0.25, -0.2) is 4.98 Å². The summed E-state index contributed by atoms with van der Waals surface area (Å²) in [6.07, 6.45) is 2.99. The van der Waals surface area contributed by atoms with Gasteiger partial charge >= 0.3 is 0 Å². The smallest absolute Gasteiger partial charge is 0.274 e. The summed E-state index contributed by atoms with van der Waals surface area (Å²) in [5.41, 5.74) is 0.606. The Morgan fingerprint density at radius 2 is 1.68 bits per heavy atom. The van der Waals surface area contributed by atoms with Gasteiger partial charge in [-0.15, -0.1) is 0 Å². The summed E-state index contributed by atoms with van der Waals surface area (Å²) in [7, 11) is 4.56. The molecule has 0 bridgehead atoms. The molecule has 0 saturated heterocycles. The van der Waals surface area contributed by atoms with Crippen LogP contribution < -0.4 is 19.8 Å². The summed E-state index contributed by atoms with van der Waals surface area (Å²) >= 11 is 0. The number of nitrogens with zero attached hydrogens (tertiary/aromatic N) is 1. The van der Waals surface area contributed by atoms with Crippen LogP contribution in [-0.4, -0.2) is 31.3 Å². The highest BCUT2D eigenvalue weighted by Gasteiger charge is 2.15. The Kier molecular flexibility index (Phi) is 3.70. The quantitative estimate of drug-likeness (QED) is 0.903. The van der Waals surface area contributed by atoms with Crippen molar-refractivity contribution in [1.82, 2.24) is 9.97 Å². The summed E-state index contributed by atoms with van der Waals surface area (Å²) in [4.78, 5) is 18.4. The lowest BCUT2D eigenvalue weighted by atomic mass is 10.1. The van der Waals surface area contributed by atoms with Crippen LogP contribution in [0, 0.1) is 0 Å². The molecule has 0 amide bonds. The van der Waals surface area contributed by atoms with Crippen molar-refractivity contribution in [3.63, 3.8) is 0 Å². The van der Waals surface area contributed by atoms with Gasteiger partial charge in [-0.05, 0) is 12.1 Å². The summed E-state index contributed by atoms with van der Waals surface area (Å²) in [6, 6.07) is 3.36. The highest BCUT2D eigenvalue weighted by molar-refractivity contribution is 5.68. The molecular formula is C13H14N2O4. The molecule has 1 aromatic heterocycles. The second-order valence-electron chi connectivity index (χ2n) is 3.68. The number of methoxy groups -OCH3 is 3. The lowest BCUT2D eigenvalue weighted by Gasteiger charge is -2.13. The van der Waals surface area contributed by atoms with Crippen LogP contribution >= 0.6 is 0 Å². The molecule has 0 saturated carbocycles. The first kappa shape index (κ1) is 12.9. The number of aromatic nitrogens is 2. The van der Waals surface area contributed by atoms with Crippen LogP contribution in [0.25, 0.3) is 11.3 Å². The van der Waals surface area contributed by atoms with Crippen LogP contribution in [0.4, 0.5) is 0 Å². The van der Waals surface area contributed by atoms with Crippen molar-refractivity contribution in [2.75, 3.05) is 21.3 Å². The van der Waals surface area contributed by atoms with E-state index in [0.29, 0.717) is 28.5 Å². The van der Waals surface area contributed by atoms with Crippen molar-refractivity contribution in [3.8, 4) is 28.5 Å². The first-order chi connectivity index (χ1) is 9.21. The average Bonchev–Trinajstić information content (AvgIpc) is 2.46. The number of hydrogen-bond acceptors (Lipinski definition) is 5. The minimum atomic E-state index is -0.281. The molecule has 1 N–H and O–H groups in total. The van der Waals surface area contributed by atoms with Crippen molar-refractivity contribution >= 4 is 0 Å². The minimum Gasteiger partial charge on any atom is -0.493 e. The summed E-state index contributed by atoms with van der Waals surface area (Å²) in [5.74, 6) is 1.42. The molecule has 1 aromatic carbocycles. The number of aromatic amines is 1. The van der Waals surface area contributed by atoms with Gasteiger partial charge < -0.3 is 19.2 Å². The normalized spacial score (nSPS) is 10.1. The Hall–Kier alpha value is -2.50. The molecule has 100 valence electrons. The number of nitrogens with one attached hydrogen (secondary N) is 1. The van der Waals surface area contributed by atoms with Gasteiger partial charge in [0, 0.05) is 18.0 Å². The zero-order chi connectivity index (χ0) is 13.8. The van der Waals surface area contributed by atoms with Crippen LogP contribution in [0.5, 0.6) is 17.2 Å². The zero-order valence-corrected chi connectivity index (χ0v) is 10.9. The van der Waals surface area contributed by atoms with Gasteiger partial charge in [-0.2, -0.15) is 0 Å². The largest absolute Gasteiger partial charge is 0.493 e. The number of H-pyrrole nitrogens is 1. The topological polar surface area (TPSA) is 73.4 Å². The highest BCUT2D eigenvalue weighted by Crippen LogP contribution is 2.40. The monoisotopic (exact) mass is 262 g/mol. The van der Waals surface area contributed by atoms with E-state index in [1.807, 2.05) is 0 Å². The molecule has 2 rings (SSSR count). The molecule has 0 unspecified atom stereocenters. The Bertz CT molecular complexity index is 612. The maximum atomic E-state index is 11.7. The van der Waals surface area contributed by atoms with Gasteiger partial charge in [0.25, 0.3) is 5.56 Å². The van der Waals surface area contributed by atoms with E-state index in [-0.39, 0.29) is 5.56 Å². The van der Waals surface area contributed by atoms with E-state index in [4.69, 9.17) is 14.2 Å². The third kappa shape index (κ3) is 2.37. The zero-order valence-electron chi connectivity index (χ0n) is 10.9. The predicted molar refractivity (Wildman–Crippen MR) is 69.9 cm³/mol. The van der Waals surface area contributed by atoms with E-state index in [1.54, 1.807) is 12.1 Å². The van der Waals surface area contributed by atoms with E-state index in [2.05, 4.69) is 9.97 Å². The molecule has 0 aliphatic heterocycles. The number of ether oxygens (including phenoxy) is 3. The van der Waals surface area contributed by atoms with Gasteiger partial charge in [0.2, 0.25) is 5.75 Å². The fourth-order valence-corrected chi connectivity index (χ4v) is 1.78. The molecule has 1 heterocycles. The van der Waals surface area contributed by atoms with Gasteiger partial charge in [0.1, 0.15) is 5.69 Å². The SMILES string of the molecule is COc1cc(-c2ncc[nH]c2=O)cc(OC)c1OC. The third-order valence-electron chi connectivity index (χ3n) is 2.65. The molecule has 0 aliphatic rings. The predicted octanol–water partition coefficient (Wildman–Crippen LogP) is 1.46. The Morgan fingerprint density at radius 3 is 2.16 bits per heavy atom. The lowest BCUT2D eigenvalue weighted by molar-refractivity contribution is 0.324. The molecule has 6 heteroatoms. The lowest BCUT2D eigenvalue weighted by Crippen LogP contribution is -2.10.